The summed E-state index contributed by atoms with van der Waals surface area (Å²) in [5, 5.41) is 3.23. The smallest absolute Gasteiger partial charge is 0.222 e. The van der Waals surface area contributed by atoms with Crippen LogP contribution in [-0.2, 0) is 9.59 Å². The molecule has 1 aliphatic heterocycles. The van der Waals surface area contributed by atoms with E-state index in [1.165, 1.54) is 32.1 Å². The highest BCUT2D eigenvalue weighted by Gasteiger charge is 2.63. The molecule has 1 unspecified atom stereocenters. The summed E-state index contributed by atoms with van der Waals surface area (Å²) in [6, 6.07) is 0.691. The molecule has 1 heterocycles. The van der Waals surface area contributed by atoms with E-state index in [4.69, 9.17) is 0 Å². The first kappa shape index (κ1) is 20.2. The topological polar surface area (TPSA) is 49.4 Å². The maximum atomic E-state index is 12.3. The maximum Gasteiger partial charge on any atom is 0.222 e. The number of piperidine rings is 1. The van der Waals surface area contributed by atoms with Crippen LogP contribution in [-0.4, -0.2) is 35.8 Å². The first-order valence-electron chi connectivity index (χ1n) is 11.6. The molecule has 4 heteroatoms. The Hall–Kier alpha value is -1.06. The number of rotatable bonds is 2. The molecule has 4 aliphatic rings. The van der Waals surface area contributed by atoms with Crippen LogP contribution in [0.1, 0.15) is 79.6 Å². The number of fused-ring (bicyclic) bond motifs is 5. The van der Waals surface area contributed by atoms with Crippen LogP contribution in [0, 0.1) is 40.4 Å². The van der Waals surface area contributed by atoms with Gasteiger partial charge < -0.3 is 10.2 Å². The number of amides is 2. The van der Waals surface area contributed by atoms with Crippen molar-refractivity contribution in [1.82, 2.24) is 10.2 Å². The molecule has 4 rings (SSSR count). The van der Waals surface area contributed by atoms with E-state index in [1.807, 2.05) is 7.05 Å². The summed E-state index contributed by atoms with van der Waals surface area (Å²) < 4.78 is 0. The van der Waals surface area contributed by atoms with Crippen LogP contribution < -0.4 is 5.32 Å². The van der Waals surface area contributed by atoms with Crippen LogP contribution in [0.2, 0.25) is 0 Å². The highest BCUT2D eigenvalue weighted by molar-refractivity contribution is 5.77. The molecule has 0 aromatic heterocycles. The zero-order valence-electron chi connectivity index (χ0n) is 18.8. The molecule has 28 heavy (non-hydrogen) atoms. The van der Waals surface area contributed by atoms with E-state index in [2.05, 4.69) is 37.9 Å². The van der Waals surface area contributed by atoms with Crippen LogP contribution in [0.5, 0.6) is 0 Å². The first-order chi connectivity index (χ1) is 13.1. The van der Waals surface area contributed by atoms with Crippen LogP contribution in [0.15, 0.2) is 0 Å². The van der Waals surface area contributed by atoms with Gasteiger partial charge in [0.15, 0.2) is 0 Å². The molecule has 0 spiro atoms. The third-order valence-corrected chi connectivity index (χ3v) is 9.96. The number of carbonyl (C=O) groups excluding carboxylic acids is 2. The van der Waals surface area contributed by atoms with E-state index in [9.17, 15) is 9.59 Å². The molecule has 0 aromatic rings. The van der Waals surface area contributed by atoms with Gasteiger partial charge in [0.05, 0.1) is 0 Å². The second kappa shape index (κ2) is 6.74. The summed E-state index contributed by atoms with van der Waals surface area (Å²) in [6.07, 6.45) is 8.13. The lowest BCUT2D eigenvalue weighted by Crippen LogP contribution is -2.61. The predicted octanol–water partition coefficient (Wildman–Crippen LogP) is 4.24. The molecule has 9 atom stereocenters. The zero-order chi connectivity index (χ0) is 20.4. The van der Waals surface area contributed by atoms with Crippen molar-refractivity contribution in [2.24, 2.45) is 40.4 Å². The van der Waals surface area contributed by atoms with Crippen molar-refractivity contribution < 1.29 is 9.59 Å². The maximum absolute atomic E-state index is 12.3. The Labute approximate surface area is 171 Å². The zero-order valence-corrected chi connectivity index (χ0v) is 18.8. The van der Waals surface area contributed by atoms with E-state index in [0.717, 1.165) is 30.6 Å². The average molecular weight is 389 g/mol. The number of hydrogen-bond donors (Lipinski definition) is 1. The standard InChI is InChI=1S/C24H40N2O2/c1-14-13-19-17-7-8-20-23(4,12-10-21(28)26(20)6)18(17)9-11-24(19,5)22(14)15(2)25-16(3)27/h14-15,17-20,22H,7-13H2,1-6H3,(H,25,27)/t14-,15?,17+,18-,19-,20+,22+,23+,24-/m0/s1. The highest BCUT2D eigenvalue weighted by Crippen LogP contribution is 2.67. The highest BCUT2D eigenvalue weighted by atomic mass is 16.2. The van der Waals surface area contributed by atoms with Gasteiger partial charge >= 0.3 is 0 Å². The lowest BCUT2D eigenvalue weighted by molar-refractivity contribution is -0.158. The van der Waals surface area contributed by atoms with E-state index in [-0.39, 0.29) is 17.4 Å². The fourth-order valence-electron chi connectivity index (χ4n) is 9.03. The van der Waals surface area contributed by atoms with Gasteiger partial charge in [0, 0.05) is 32.5 Å². The molecule has 158 valence electrons. The molecule has 0 bridgehead atoms. The summed E-state index contributed by atoms with van der Waals surface area (Å²) in [4.78, 5) is 26.1. The number of carbonyl (C=O) groups is 2. The molecule has 3 saturated carbocycles. The summed E-state index contributed by atoms with van der Waals surface area (Å²) >= 11 is 0. The Morgan fingerprint density at radius 2 is 1.86 bits per heavy atom. The normalized spacial score (nSPS) is 49.1. The van der Waals surface area contributed by atoms with Gasteiger partial charge in [-0.1, -0.05) is 20.8 Å². The Morgan fingerprint density at radius 1 is 1.14 bits per heavy atom. The van der Waals surface area contributed by atoms with E-state index in [1.54, 1.807) is 6.92 Å². The van der Waals surface area contributed by atoms with Gasteiger partial charge in [-0.05, 0) is 85.9 Å². The van der Waals surface area contributed by atoms with Crippen LogP contribution in [0.4, 0.5) is 0 Å². The van der Waals surface area contributed by atoms with Crippen molar-refractivity contribution in [3.05, 3.63) is 0 Å². The summed E-state index contributed by atoms with van der Waals surface area (Å²) in [7, 11) is 2.04. The van der Waals surface area contributed by atoms with Crippen LogP contribution in [0.25, 0.3) is 0 Å². The number of nitrogens with one attached hydrogen (secondary N) is 1. The van der Waals surface area contributed by atoms with Crippen LogP contribution in [0.3, 0.4) is 0 Å². The lowest BCUT2D eigenvalue weighted by Gasteiger charge is -2.62. The number of likely N-dealkylation sites (tertiary alicyclic amines) is 1. The van der Waals surface area contributed by atoms with Crippen LogP contribution >= 0.6 is 0 Å². The molecule has 2 amide bonds. The summed E-state index contributed by atoms with van der Waals surface area (Å²) in [6.45, 7) is 11.3. The van der Waals surface area contributed by atoms with Gasteiger partial charge in [0.1, 0.15) is 0 Å². The minimum atomic E-state index is 0.100. The van der Waals surface area contributed by atoms with E-state index in [0.29, 0.717) is 29.2 Å². The van der Waals surface area contributed by atoms with Gasteiger partial charge in [-0.15, -0.1) is 0 Å². The Kier molecular flexibility index (Phi) is 4.87. The Balaban J connectivity index is 1.61. The molecule has 0 aromatic carbocycles. The second-order valence-corrected chi connectivity index (χ2v) is 11.3. The monoisotopic (exact) mass is 388 g/mol. The SMILES string of the molecule is CC(=O)NC(C)[C@H]1[C@@H](C)C[C@H]2[C@@H]3CC[C@H]4N(C)C(=O)CC[C@]4(C)[C@H]3CC[C@@]21C. The van der Waals surface area contributed by atoms with Gasteiger partial charge in [0.2, 0.25) is 11.8 Å². The quantitative estimate of drug-likeness (QED) is 0.769. The second-order valence-electron chi connectivity index (χ2n) is 11.3. The largest absolute Gasteiger partial charge is 0.354 e. The van der Waals surface area contributed by atoms with Gasteiger partial charge in [-0.25, -0.2) is 0 Å². The Bertz CT molecular complexity index is 663. The molecular formula is C24H40N2O2. The van der Waals surface area contributed by atoms with Crippen molar-refractivity contribution in [2.45, 2.75) is 91.6 Å². The minimum absolute atomic E-state index is 0.100. The molecular weight excluding hydrogens is 348 g/mol. The molecule has 1 N–H and O–H groups in total. The third-order valence-electron chi connectivity index (χ3n) is 9.96. The number of nitrogens with zero attached hydrogens (tertiary/aromatic N) is 1. The van der Waals surface area contributed by atoms with E-state index >= 15 is 0 Å². The number of hydrogen-bond acceptors (Lipinski definition) is 2. The fourth-order valence-corrected chi connectivity index (χ4v) is 9.03. The summed E-state index contributed by atoms with van der Waals surface area (Å²) in [5.74, 6) is 3.99. The molecule has 4 nitrogen and oxygen atoms in total. The van der Waals surface area contributed by atoms with Gasteiger partial charge in [-0.2, -0.15) is 0 Å². The van der Waals surface area contributed by atoms with Gasteiger partial charge in [-0.3, -0.25) is 9.59 Å². The minimum Gasteiger partial charge on any atom is -0.354 e. The van der Waals surface area contributed by atoms with Crippen molar-refractivity contribution in [1.29, 1.82) is 0 Å². The lowest BCUT2D eigenvalue weighted by atomic mass is 9.46. The average Bonchev–Trinajstić information content (AvgIpc) is 2.88. The molecule has 1 saturated heterocycles. The molecule has 4 fully saturated rings. The van der Waals surface area contributed by atoms with Crippen molar-refractivity contribution in [2.75, 3.05) is 7.05 Å². The predicted molar refractivity (Wildman–Crippen MR) is 111 cm³/mol. The van der Waals surface area contributed by atoms with Crippen molar-refractivity contribution in [3.63, 3.8) is 0 Å². The summed E-state index contributed by atoms with van der Waals surface area (Å²) in [5.41, 5.74) is 0.625. The van der Waals surface area contributed by atoms with Gasteiger partial charge in [0.25, 0.3) is 0 Å². The first-order valence-corrected chi connectivity index (χ1v) is 11.6. The fraction of sp³-hybridized carbons (Fsp3) is 0.917. The Morgan fingerprint density at radius 3 is 2.54 bits per heavy atom. The molecule has 3 aliphatic carbocycles. The molecule has 0 radical (unpaired) electrons. The van der Waals surface area contributed by atoms with Crippen molar-refractivity contribution in [3.8, 4) is 0 Å². The van der Waals surface area contributed by atoms with Crippen molar-refractivity contribution >= 4 is 11.8 Å². The van der Waals surface area contributed by atoms with E-state index < -0.39 is 0 Å². The third kappa shape index (κ3) is 2.76.